The van der Waals surface area contributed by atoms with E-state index in [1.165, 1.54) is 6.08 Å². The van der Waals surface area contributed by atoms with Crippen molar-refractivity contribution in [3.63, 3.8) is 0 Å². The minimum Gasteiger partial charge on any atom is -0.466 e. The minimum absolute atomic E-state index is 0.185. The van der Waals surface area contributed by atoms with Crippen LogP contribution in [0.5, 0.6) is 0 Å². The van der Waals surface area contributed by atoms with Crippen molar-refractivity contribution in [2.45, 2.75) is 33.2 Å². The van der Waals surface area contributed by atoms with E-state index in [4.69, 9.17) is 21.1 Å². The molecule has 0 saturated carbocycles. The number of hydrogen-bond donors (Lipinski definition) is 0. The fraction of sp³-hybridized carbons (Fsp3) is 0.417. The van der Waals surface area contributed by atoms with Crippen molar-refractivity contribution >= 4 is 35.5 Å². The summed E-state index contributed by atoms with van der Waals surface area (Å²) in [6, 6.07) is 9.79. The lowest BCUT2D eigenvalue weighted by atomic mass is 9.97. The number of halogens is 1. The highest BCUT2D eigenvalue weighted by molar-refractivity contribution is 6.31. The predicted molar refractivity (Wildman–Crippen MR) is 123 cm³/mol. The van der Waals surface area contributed by atoms with Crippen LogP contribution in [-0.2, 0) is 30.4 Å². The molecule has 1 aliphatic heterocycles. The van der Waals surface area contributed by atoms with E-state index in [9.17, 15) is 14.4 Å². The number of aryl methyl sites for hydroxylation is 1. The first kappa shape index (κ1) is 24.5. The SMILES string of the molecule is CCOC(=O)C1CCN(C(=O)COC(=O)/C=C/c2c(C)nn(Cc3ccccc3)c2Cl)CC1. The van der Waals surface area contributed by atoms with Gasteiger partial charge >= 0.3 is 11.9 Å². The summed E-state index contributed by atoms with van der Waals surface area (Å²) in [5.74, 6) is -1.34. The second-order valence-electron chi connectivity index (χ2n) is 7.78. The summed E-state index contributed by atoms with van der Waals surface area (Å²) in [7, 11) is 0. The van der Waals surface area contributed by atoms with Crippen LogP contribution >= 0.6 is 11.6 Å². The van der Waals surface area contributed by atoms with Crippen molar-refractivity contribution in [2.24, 2.45) is 5.92 Å². The van der Waals surface area contributed by atoms with E-state index in [-0.39, 0.29) is 24.4 Å². The summed E-state index contributed by atoms with van der Waals surface area (Å²) in [5, 5.41) is 4.85. The van der Waals surface area contributed by atoms with E-state index in [0.717, 1.165) is 5.56 Å². The zero-order valence-electron chi connectivity index (χ0n) is 18.8. The Kier molecular flexibility index (Phi) is 8.65. The van der Waals surface area contributed by atoms with Crippen LogP contribution in [0.1, 0.15) is 36.6 Å². The van der Waals surface area contributed by atoms with Crippen molar-refractivity contribution in [3.05, 3.63) is 58.4 Å². The van der Waals surface area contributed by atoms with Gasteiger partial charge in [0.25, 0.3) is 5.91 Å². The molecule has 1 aromatic carbocycles. The number of aromatic nitrogens is 2. The fourth-order valence-corrected chi connectivity index (χ4v) is 3.96. The summed E-state index contributed by atoms with van der Waals surface area (Å²) in [6.45, 7) is 4.96. The maximum Gasteiger partial charge on any atom is 0.331 e. The van der Waals surface area contributed by atoms with Gasteiger partial charge in [0.15, 0.2) is 6.61 Å². The van der Waals surface area contributed by atoms with Gasteiger partial charge in [0, 0.05) is 24.7 Å². The maximum absolute atomic E-state index is 12.3. The highest BCUT2D eigenvalue weighted by atomic mass is 35.5. The van der Waals surface area contributed by atoms with E-state index >= 15 is 0 Å². The third-order valence-corrected chi connectivity index (χ3v) is 5.87. The molecule has 0 N–H and O–H groups in total. The molecular formula is C24H28ClN3O5. The van der Waals surface area contributed by atoms with Crippen molar-refractivity contribution in [1.29, 1.82) is 0 Å². The first-order valence-electron chi connectivity index (χ1n) is 10.9. The van der Waals surface area contributed by atoms with Crippen molar-refractivity contribution in [2.75, 3.05) is 26.3 Å². The number of ether oxygens (including phenoxy) is 2. The van der Waals surface area contributed by atoms with Crippen LogP contribution in [0, 0.1) is 12.8 Å². The Hall–Kier alpha value is -3.13. The van der Waals surface area contributed by atoms with E-state index in [0.29, 0.717) is 55.5 Å². The molecule has 176 valence electrons. The van der Waals surface area contributed by atoms with E-state index in [1.807, 2.05) is 37.3 Å². The van der Waals surface area contributed by atoms with E-state index < -0.39 is 5.97 Å². The molecule has 0 spiro atoms. The van der Waals surface area contributed by atoms with Crippen molar-refractivity contribution < 1.29 is 23.9 Å². The average Bonchev–Trinajstić information content (AvgIpc) is 3.09. The maximum atomic E-state index is 12.3. The number of piperidine rings is 1. The number of rotatable bonds is 8. The van der Waals surface area contributed by atoms with Crippen LogP contribution in [-0.4, -0.2) is 58.8 Å². The van der Waals surface area contributed by atoms with Gasteiger partial charge in [0.05, 0.1) is 24.8 Å². The predicted octanol–water partition coefficient (Wildman–Crippen LogP) is 3.25. The summed E-state index contributed by atoms with van der Waals surface area (Å²) >= 11 is 6.45. The average molecular weight is 474 g/mol. The number of esters is 2. The number of carbonyl (C=O) groups is 3. The molecule has 1 amide bonds. The number of benzene rings is 1. The Morgan fingerprint density at radius 3 is 2.52 bits per heavy atom. The van der Waals surface area contributed by atoms with Gasteiger partial charge in [-0.15, -0.1) is 0 Å². The highest BCUT2D eigenvalue weighted by Gasteiger charge is 2.28. The number of amides is 1. The second-order valence-corrected chi connectivity index (χ2v) is 8.14. The molecule has 1 saturated heterocycles. The van der Waals surface area contributed by atoms with Gasteiger partial charge in [0.2, 0.25) is 0 Å². The molecule has 0 unspecified atom stereocenters. The number of likely N-dealkylation sites (tertiary alicyclic amines) is 1. The molecule has 0 aliphatic carbocycles. The number of nitrogens with zero attached hydrogens (tertiary/aromatic N) is 3. The Bertz CT molecular complexity index is 1010. The third-order valence-electron chi connectivity index (χ3n) is 5.48. The zero-order valence-corrected chi connectivity index (χ0v) is 19.6. The first-order valence-corrected chi connectivity index (χ1v) is 11.3. The minimum atomic E-state index is -0.643. The van der Waals surface area contributed by atoms with Crippen LogP contribution in [0.4, 0.5) is 0 Å². The van der Waals surface area contributed by atoms with Crippen molar-refractivity contribution in [3.8, 4) is 0 Å². The van der Waals surface area contributed by atoms with Gasteiger partial charge in [-0.1, -0.05) is 41.9 Å². The molecule has 3 rings (SSSR count). The largest absolute Gasteiger partial charge is 0.466 e. The molecule has 0 bridgehead atoms. The van der Waals surface area contributed by atoms with Gasteiger partial charge in [-0.05, 0) is 38.3 Å². The Labute approximate surface area is 198 Å². The van der Waals surface area contributed by atoms with E-state index in [1.54, 1.807) is 22.6 Å². The zero-order chi connectivity index (χ0) is 23.8. The molecule has 1 aliphatic rings. The quantitative estimate of drug-likeness (QED) is 0.432. The topological polar surface area (TPSA) is 90.7 Å². The molecule has 1 fully saturated rings. The number of carbonyl (C=O) groups excluding carboxylic acids is 3. The van der Waals surface area contributed by atoms with Crippen LogP contribution in [0.2, 0.25) is 5.15 Å². The van der Waals surface area contributed by atoms with Crippen LogP contribution < -0.4 is 0 Å². The monoisotopic (exact) mass is 473 g/mol. The van der Waals surface area contributed by atoms with Gasteiger partial charge in [-0.25, -0.2) is 9.48 Å². The highest BCUT2D eigenvalue weighted by Crippen LogP contribution is 2.22. The molecule has 8 nitrogen and oxygen atoms in total. The standard InChI is InChI=1S/C24H28ClN3O5/c1-3-32-24(31)19-11-13-27(14-12-19)21(29)16-33-22(30)10-9-20-17(2)26-28(23(20)25)15-18-7-5-4-6-8-18/h4-10,19H,3,11-16H2,1-2H3/b10-9+. The van der Waals surface area contributed by atoms with Crippen molar-refractivity contribution in [1.82, 2.24) is 14.7 Å². The van der Waals surface area contributed by atoms with Gasteiger partial charge < -0.3 is 14.4 Å². The lowest BCUT2D eigenvalue weighted by Crippen LogP contribution is -2.42. The molecule has 9 heteroatoms. The van der Waals surface area contributed by atoms with Crippen LogP contribution in [0.25, 0.3) is 6.08 Å². The molecule has 0 radical (unpaired) electrons. The normalized spacial score (nSPS) is 14.5. The Morgan fingerprint density at radius 2 is 1.85 bits per heavy atom. The second kappa shape index (κ2) is 11.7. The molecule has 2 heterocycles. The Balaban J connectivity index is 1.48. The Morgan fingerprint density at radius 1 is 1.15 bits per heavy atom. The van der Waals surface area contributed by atoms with Crippen LogP contribution in [0.15, 0.2) is 36.4 Å². The lowest BCUT2D eigenvalue weighted by Gasteiger charge is -2.30. The first-order chi connectivity index (χ1) is 15.9. The van der Waals surface area contributed by atoms with Crippen LogP contribution in [0.3, 0.4) is 0 Å². The molecule has 1 aromatic heterocycles. The fourth-order valence-electron chi connectivity index (χ4n) is 3.67. The lowest BCUT2D eigenvalue weighted by molar-refractivity contribution is -0.153. The third kappa shape index (κ3) is 6.68. The molecule has 0 atom stereocenters. The number of hydrogen-bond acceptors (Lipinski definition) is 6. The van der Waals surface area contributed by atoms with Gasteiger partial charge in [-0.2, -0.15) is 5.10 Å². The smallest absolute Gasteiger partial charge is 0.331 e. The summed E-state index contributed by atoms with van der Waals surface area (Å²) in [6.07, 6.45) is 3.87. The van der Waals surface area contributed by atoms with Gasteiger partial charge in [-0.3, -0.25) is 9.59 Å². The molecule has 33 heavy (non-hydrogen) atoms. The van der Waals surface area contributed by atoms with E-state index in [2.05, 4.69) is 5.10 Å². The molecule has 2 aromatic rings. The summed E-state index contributed by atoms with van der Waals surface area (Å²) in [5.41, 5.74) is 2.36. The van der Waals surface area contributed by atoms with Gasteiger partial charge in [0.1, 0.15) is 5.15 Å². The summed E-state index contributed by atoms with van der Waals surface area (Å²) < 4.78 is 11.8. The molecular weight excluding hydrogens is 446 g/mol. The summed E-state index contributed by atoms with van der Waals surface area (Å²) in [4.78, 5) is 37.9.